The third-order valence-corrected chi connectivity index (χ3v) is 2.94. The second-order valence-corrected chi connectivity index (χ2v) is 4.22. The Hall–Kier alpha value is -1.99. The fourth-order valence-corrected chi connectivity index (χ4v) is 1.80. The molecule has 0 aromatic heterocycles. The van der Waals surface area contributed by atoms with Gasteiger partial charge in [0.1, 0.15) is 0 Å². The molecule has 0 heterocycles. The predicted octanol–water partition coefficient (Wildman–Crippen LogP) is 1.82. The minimum atomic E-state index is -0.660. The maximum atomic E-state index is 11.7. The number of benzene rings is 1. The van der Waals surface area contributed by atoms with Crippen LogP contribution in [0.5, 0.6) is 0 Å². The molecule has 0 aliphatic heterocycles. The number of amides is 1. The molecular weight excluding hydrogens is 238 g/mol. The quantitative estimate of drug-likeness (QED) is 0.766. The van der Waals surface area contributed by atoms with E-state index in [-0.39, 0.29) is 12.3 Å². The second kappa shape index (κ2) is 7.45. The standard InChI is InChI=1S/C15H21N3O/c1-4-7-14(16)15(19)17-12-8-10-13(11-9-12)18(5-2)6-3/h1,8-11,14H,5-7,16H2,2-3H3,(H,17,19). The van der Waals surface area contributed by atoms with E-state index in [1.165, 1.54) is 0 Å². The van der Waals surface area contributed by atoms with Crippen molar-refractivity contribution in [1.82, 2.24) is 0 Å². The third kappa shape index (κ3) is 4.31. The summed E-state index contributed by atoms with van der Waals surface area (Å²) in [6.07, 6.45) is 5.37. The molecule has 0 spiro atoms. The van der Waals surface area contributed by atoms with Gasteiger partial charge in [-0.25, -0.2) is 0 Å². The van der Waals surface area contributed by atoms with Crippen molar-refractivity contribution in [2.75, 3.05) is 23.3 Å². The summed E-state index contributed by atoms with van der Waals surface area (Å²) >= 11 is 0. The summed E-state index contributed by atoms with van der Waals surface area (Å²) in [6, 6.07) is 7.04. The van der Waals surface area contributed by atoms with Gasteiger partial charge in [0.15, 0.2) is 0 Å². The summed E-state index contributed by atoms with van der Waals surface area (Å²) in [4.78, 5) is 13.9. The lowest BCUT2D eigenvalue weighted by atomic mass is 10.2. The van der Waals surface area contributed by atoms with E-state index >= 15 is 0 Å². The molecule has 1 rings (SSSR count). The Morgan fingerprint density at radius 3 is 2.42 bits per heavy atom. The summed E-state index contributed by atoms with van der Waals surface area (Å²) in [5.74, 6) is 2.12. The first-order valence-electron chi connectivity index (χ1n) is 6.47. The van der Waals surface area contributed by atoms with Crippen molar-refractivity contribution >= 4 is 17.3 Å². The molecule has 102 valence electrons. The molecule has 0 bridgehead atoms. The SMILES string of the molecule is C#CCC(N)C(=O)Nc1ccc(N(CC)CC)cc1. The van der Waals surface area contributed by atoms with Gasteiger partial charge in [-0.1, -0.05) is 0 Å². The first-order valence-corrected chi connectivity index (χ1v) is 6.47. The normalized spacial score (nSPS) is 11.5. The second-order valence-electron chi connectivity index (χ2n) is 4.22. The van der Waals surface area contributed by atoms with Crippen LogP contribution < -0.4 is 16.0 Å². The summed E-state index contributed by atoms with van der Waals surface area (Å²) in [6.45, 7) is 6.13. The van der Waals surface area contributed by atoms with Crippen LogP contribution in [0.2, 0.25) is 0 Å². The molecule has 4 nitrogen and oxygen atoms in total. The van der Waals surface area contributed by atoms with Crippen molar-refractivity contribution in [1.29, 1.82) is 0 Å². The van der Waals surface area contributed by atoms with Gasteiger partial charge in [0.25, 0.3) is 0 Å². The van der Waals surface area contributed by atoms with Gasteiger partial charge < -0.3 is 16.0 Å². The average Bonchev–Trinajstić information content (AvgIpc) is 2.42. The fraction of sp³-hybridized carbons (Fsp3) is 0.400. The molecule has 19 heavy (non-hydrogen) atoms. The molecule has 0 radical (unpaired) electrons. The summed E-state index contributed by atoms with van der Waals surface area (Å²) in [7, 11) is 0. The van der Waals surface area contributed by atoms with Crippen molar-refractivity contribution < 1.29 is 4.79 Å². The number of carbonyl (C=O) groups excluding carboxylic acids is 1. The van der Waals surface area contributed by atoms with Crippen LogP contribution in [0.1, 0.15) is 20.3 Å². The highest BCUT2D eigenvalue weighted by atomic mass is 16.2. The summed E-state index contributed by atoms with van der Waals surface area (Å²) < 4.78 is 0. The van der Waals surface area contributed by atoms with E-state index in [9.17, 15) is 4.79 Å². The molecule has 1 aromatic carbocycles. The minimum absolute atomic E-state index is 0.239. The van der Waals surface area contributed by atoms with E-state index < -0.39 is 6.04 Å². The number of nitrogens with one attached hydrogen (secondary N) is 1. The molecule has 0 saturated carbocycles. The Balaban J connectivity index is 2.67. The van der Waals surface area contributed by atoms with Crippen LogP contribution in [0.4, 0.5) is 11.4 Å². The molecule has 1 aromatic rings. The minimum Gasteiger partial charge on any atom is -0.372 e. The maximum Gasteiger partial charge on any atom is 0.242 e. The Morgan fingerprint density at radius 1 is 1.37 bits per heavy atom. The van der Waals surface area contributed by atoms with Gasteiger partial charge in [-0.15, -0.1) is 12.3 Å². The topological polar surface area (TPSA) is 58.4 Å². The maximum absolute atomic E-state index is 11.7. The number of terminal acetylenes is 1. The molecule has 0 aliphatic rings. The number of hydrogen-bond acceptors (Lipinski definition) is 3. The van der Waals surface area contributed by atoms with Crippen LogP contribution in [-0.4, -0.2) is 25.0 Å². The zero-order chi connectivity index (χ0) is 14.3. The Labute approximate surface area is 115 Å². The number of carbonyl (C=O) groups is 1. The lowest BCUT2D eigenvalue weighted by Gasteiger charge is -2.21. The predicted molar refractivity (Wildman–Crippen MR) is 80.1 cm³/mol. The van der Waals surface area contributed by atoms with Crippen molar-refractivity contribution in [3.05, 3.63) is 24.3 Å². The van der Waals surface area contributed by atoms with Crippen LogP contribution in [0.25, 0.3) is 0 Å². The molecule has 0 fully saturated rings. The van der Waals surface area contributed by atoms with Gasteiger partial charge in [-0.2, -0.15) is 0 Å². The van der Waals surface area contributed by atoms with E-state index in [0.717, 1.165) is 24.5 Å². The van der Waals surface area contributed by atoms with Crippen molar-refractivity contribution in [2.45, 2.75) is 26.3 Å². The molecule has 1 atom stereocenters. The molecule has 3 N–H and O–H groups in total. The smallest absolute Gasteiger partial charge is 0.242 e. The molecule has 4 heteroatoms. The zero-order valence-corrected chi connectivity index (χ0v) is 11.5. The third-order valence-electron chi connectivity index (χ3n) is 2.94. The summed E-state index contributed by atoms with van der Waals surface area (Å²) in [5, 5.41) is 2.75. The molecule has 0 saturated heterocycles. The number of nitrogens with zero attached hydrogens (tertiary/aromatic N) is 1. The van der Waals surface area contributed by atoms with Gasteiger partial charge in [0.05, 0.1) is 6.04 Å². The highest BCUT2D eigenvalue weighted by molar-refractivity contribution is 5.95. The van der Waals surface area contributed by atoms with Crippen LogP contribution >= 0.6 is 0 Å². The van der Waals surface area contributed by atoms with Crippen LogP contribution in [0.3, 0.4) is 0 Å². The molecule has 0 aliphatic carbocycles. The van der Waals surface area contributed by atoms with E-state index in [1.807, 2.05) is 24.3 Å². The van der Waals surface area contributed by atoms with Gasteiger partial charge in [0, 0.05) is 30.9 Å². The molecular formula is C15H21N3O. The number of hydrogen-bond donors (Lipinski definition) is 2. The Kier molecular flexibility index (Phi) is 5.91. The Morgan fingerprint density at radius 2 is 1.95 bits per heavy atom. The summed E-state index contributed by atoms with van der Waals surface area (Å²) in [5.41, 5.74) is 7.50. The van der Waals surface area contributed by atoms with Gasteiger partial charge in [0.2, 0.25) is 5.91 Å². The molecule has 1 unspecified atom stereocenters. The monoisotopic (exact) mass is 259 g/mol. The van der Waals surface area contributed by atoms with Crippen LogP contribution in [-0.2, 0) is 4.79 Å². The first kappa shape index (κ1) is 15.1. The van der Waals surface area contributed by atoms with Gasteiger partial charge in [-0.3, -0.25) is 4.79 Å². The lowest BCUT2D eigenvalue weighted by molar-refractivity contribution is -0.117. The first-order chi connectivity index (χ1) is 9.12. The van der Waals surface area contributed by atoms with Gasteiger partial charge in [-0.05, 0) is 38.1 Å². The highest BCUT2D eigenvalue weighted by Gasteiger charge is 2.12. The average molecular weight is 259 g/mol. The van der Waals surface area contributed by atoms with Crippen LogP contribution in [0.15, 0.2) is 24.3 Å². The van der Waals surface area contributed by atoms with E-state index in [0.29, 0.717) is 0 Å². The van der Waals surface area contributed by atoms with Gasteiger partial charge >= 0.3 is 0 Å². The van der Waals surface area contributed by atoms with E-state index in [1.54, 1.807) is 0 Å². The lowest BCUT2D eigenvalue weighted by Crippen LogP contribution is -2.35. The van der Waals surface area contributed by atoms with E-state index in [2.05, 4.69) is 30.0 Å². The van der Waals surface area contributed by atoms with Crippen LogP contribution in [0, 0.1) is 12.3 Å². The van der Waals surface area contributed by atoms with E-state index in [4.69, 9.17) is 12.2 Å². The van der Waals surface area contributed by atoms with Crippen molar-refractivity contribution in [3.63, 3.8) is 0 Å². The number of nitrogens with two attached hydrogens (primary N) is 1. The van der Waals surface area contributed by atoms with Crippen molar-refractivity contribution in [3.8, 4) is 12.3 Å². The fourth-order valence-electron chi connectivity index (χ4n) is 1.80. The number of anilines is 2. The highest BCUT2D eigenvalue weighted by Crippen LogP contribution is 2.17. The number of rotatable bonds is 6. The Bertz CT molecular complexity index is 443. The molecule has 1 amide bonds. The van der Waals surface area contributed by atoms with Crippen molar-refractivity contribution in [2.24, 2.45) is 5.73 Å². The largest absolute Gasteiger partial charge is 0.372 e. The zero-order valence-electron chi connectivity index (χ0n) is 11.5.